The van der Waals surface area contributed by atoms with Crippen LogP contribution in [0.2, 0.25) is 20.1 Å². The molecule has 0 aliphatic rings. The number of nitrogens with one attached hydrogen (secondary N) is 3. The number of nitrogens with zero attached hydrogens (tertiary/aromatic N) is 4. The molecule has 88 heavy (non-hydrogen) atoms. The zero-order valence-electron chi connectivity index (χ0n) is 49.4. The van der Waals surface area contributed by atoms with Gasteiger partial charge in [0.05, 0.1) is 72.3 Å². The van der Waals surface area contributed by atoms with E-state index in [1.54, 1.807) is 153 Å². The zero-order chi connectivity index (χ0) is 64.5. The van der Waals surface area contributed by atoms with Gasteiger partial charge in [-0.3, -0.25) is 38.7 Å². The number of hydrogen-bond acceptors (Lipinski definition) is 13. The van der Waals surface area contributed by atoms with Crippen molar-refractivity contribution >= 4 is 111 Å². The number of carbonyl (C=O) groups excluding carboxylic acids is 8. The molecular weight excluding hydrogens is 1220 g/mol. The van der Waals surface area contributed by atoms with Crippen molar-refractivity contribution < 1.29 is 52.6 Å². The number of aryl methyl sites for hydroxylation is 1. The van der Waals surface area contributed by atoms with Crippen LogP contribution in [0.1, 0.15) is 93.5 Å². The summed E-state index contributed by atoms with van der Waals surface area (Å²) in [5, 5.41) is 8.83. The zero-order valence-corrected chi connectivity index (χ0v) is 52.4. The third kappa shape index (κ3) is 18.4. The Bertz CT molecular complexity index is 3810. The Hall–Kier alpha value is -8.82. The van der Waals surface area contributed by atoms with Crippen molar-refractivity contribution in [2.45, 2.75) is 91.3 Å². The SMILES string of the molecule is CC(C)OC(=O)[C@H](Cc1ccc(-n2c(=O)c3cc(CN(C)C=O)ccc3n(C)c2=O)cc1)NC(=O)c1c(Cl)cccc1Cl.CCOC(=O)Nc1ccc(CN(C)C=O)cc1C(=O)Cc1ccc(C[C@H](NC(=O)c2c(Cl)cccc2Cl)C(=O)OC(C)C)cc1. The van der Waals surface area contributed by atoms with Gasteiger partial charge in [0.25, 0.3) is 17.4 Å². The predicted molar refractivity (Wildman–Crippen MR) is 337 cm³/mol. The van der Waals surface area contributed by atoms with Gasteiger partial charge in [-0.25, -0.2) is 23.7 Å². The molecule has 462 valence electrons. The quantitative estimate of drug-likeness (QED) is 0.0221. The number of Topliss-reactive ketones (excluding diaryl/α,β-unsaturated/α-hetero) is 1. The number of halogens is 4. The normalized spacial score (nSPS) is 11.6. The molecule has 0 fully saturated rings. The van der Waals surface area contributed by atoms with Gasteiger partial charge in [-0.05, 0) is 123 Å². The molecule has 0 radical (unpaired) electrons. The number of amides is 5. The average molecular weight is 1280 g/mol. The van der Waals surface area contributed by atoms with E-state index in [-0.39, 0.29) is 80.7 Å². The molecule has 0 saturated carbocycles. The Balaban J connectivity index is 0.000000281. The third-order valence-electron chi connectivity index (χ3n) is 13.2. The number of esters is 2. The van der Waals surface area contributed by atoms with E-state index in [2.05, 4.69) is 16.0 Å². The van der Waals surface area contributed by atoms with Crippen molar-refractivity contribution in [2.75, 3.05) is 26.0 Å². The van der Waals surface area contributed by atoms with E-state index in [9.17, 15) is 47.9 Å². The fourth-order valence-electron chi connectivity index (χ4n) is 9.02. The van der Waals surface area contributed by atoms with Gasteiger partial charge in [-0.2, -0.15) is 0 Å². The van der Waals surface area contributed by atoms with E-state index >= 15 is 0 Å². The highest BCUT2D eigenvalue weighted by atomic mass is 35.5. The van der Waals surface area contributed by atoms with E-state index in [1.165, 1.54) is 38.6 Å². The summed E-state index contributed by atoms with van der Waals surface area (Å²) < 4.78 is 18.2. The van der Waals surface area contributed by atoms with Crippen molar-refractivity contribution in [1.82, 2.24) is 29.6 Å². The maximum atomic E-state index is 13.5. The Morgan fingerprint density at radius 2 is 1.02 bits per heavy atom. The Kier molecular flexibility index (Phi) is 24.6. The molecular formula is C64H65Cl4N7O13. The number of fused-ring (bicyclic) bond motifs is 1. The highest BCUT2D eigenvalue weighted by molar-refractivity contribution is 6.40. The van der Waals surface area contributed by atoms with Gasteiger partial charge in [0.15, 0.2) is 5.78 Å². The van der Waals surface area contributed by atoms with Crippen molar-refractivity contribution in [3.05, 3.63) is 207 Å². The van der Waals surface area contributed by atoms with E-state index in [1.807, 2.05) is 0 Å². The highest BCUT2D eigenvalue weighted by Crippen LogP contribution is 2.27. The second-order valence-electron chi connectivity index (χ2n) is 20.8. The van der Waals surface area contributed by atoms with Crippen molar-refractivity contribution in [3.63, 3.8) is 0 Å². The summed E-state index contributed by atoms with van der Waals surface area (Å²) >= 11 is 24.7. The minimum Gasteiger partial charge on any atom is -0.461 e. The van der Waals surface area contributed by atoms with Crippen molar-refractivity contribution in [2.24, 2.45) is 7.05 Å². The minimum atomic E-state index is -1.08. The standard InChI is InChI=1S/C33H35Cl2N3O7.C31H30Cl2N4O6/c1-5-44-33(43)37-27-14-13-23(18-38(4)19-39)15-24(27)29(40)17-22-11-9-21(10-12-22)16-28(32(42)45-20(2)3)36-31(41)30-25(34)7-6-8-26(30)35;1-18(2)43-30(41)25(34-28(39)27-23(32)6-5-7-24(27)33)15-19-8-11-21(12-9-19)37-29(40)22-14-20(16-35(3)17-38)10-13-26(22)36(4)31(37)42/h6-15,19-20,28H,5,16-18H2,1-4H3,(H,36,41)(H,37,43);5-14,17-18,25H,15-16H2,1-4H3,(H,34,39)/t28-;25-/m00/s1. The summed E-state index contributed by atoms with van der Waals surface area (Å²) in [7, 11) is 4.82. The molecule has 0 unspecified atom stereocenters. The number of anilines is 1. The van der Waals surface area contributed by atoms with Gasteiger partial charge in [0.1, 0.15) is 12.1 Å². The van der Waals surface area contributed by atoms with Gasteiger partial charge < -0.3 is 34.6 Å². The Morgan fingerprint density at radius 3 is 1.48 bits per heavy atom. The van der Waals surface area contributed by atoms with Crippen LogP contribution in [-0.4, -0.2) is 112 Å². The first-order chi connectivity index (χ1) is 41.8. The van der Waals surface area contributed by atoms with Crippen LogP contribution in [-0.2, 0) is 72.8 Å². The van der Waals surface area contributed by atoms with Crippen molar-refractivity contribution in [3.8, 4) is 5.69 Å². The fraction of sp³-hybridized carbons (Fsp3) is 0.281. The molecule has 0 saturated heterocycles. The fourth-order valence-corrected chi connectivity index (χ4v) is 10.2. The summed E-state index contributed by atoms with van der Waals surface area (Å²) in [5.41, 5.74) is 3.82. The topological polar surface area (TPSA) is 251 Å². The van der Waals surface area contributed by atoms with Crippen LogP contribution in [0.25, 0.3) is 16.6 Å². The maximum Gasteiger partial charge on any atom is 0.411 e. The molecule has 7 aromatic rings. The van der Waals surface area contributed by atoms with E-state index < -0.39 is 65.4 Å². The average Bonchev–Trinajstić information content (AvgIpc) is 0.895. The largest absolute Gasteiger partial charge is 0.461 e. The van der Waals surface area contributed by atoms with Crippen molar-refractivity contribution in [1.29, 1.82) is 0 Å². The number of benzene rings is 6. The summed E-state index contributed by atoms with van der Waals surface area (Å²) in [6.07, 6.45) is 0.0101. The first kappa shape index (κ1) is 68.3. The lowest BCUT2D eigenvalue weighted by molar-refractivity contribution is -0.150. The molecule has 1 aromatic heterocycles. The van der Waals surface area contributed by atoms with Crippen LogP contribution < -0.4 is 27.2 Å². The van der Waals surface area contributed by atoms with E-state index in [0.717, 1.165) is 10.1 Å². The van der Waals surface area contributed by atoms with E-state index in [0.29, 0.717) is 58.2 Å². The molecule has 1 heterocycles. The van der Waals surface area contributed by atoms with Crippen LogP contribution in [0.3, 0.4) is 0 Å². The maximum absolute atomic E-state index is 13.5. The lowest BCUT2D eigenvalue weighted by atomic mass is 9.97. The molecule has 6 aromatic carbocycles. The third-order valence-corrected chi connectivity index (χ3v) is 14.4. The van der Waals surface area contributed by atoms with Crippen LogP contribution >= 0.6 is 46.4 Å². The molecule has 0 spiro atoms. The van der Waals surface area contributed by atoms with Gasteiger partial charge in [-0.1, -0.05) is 107 Å². The van der Waals surface area contributed by atoms with Crippen LogP contribution in [0.15, 0.2) is 131 Å². The summed E-state index contributed by atoms with van der Waals surface area (Å²) in [4.78, 5) is 129. The van der Waals surface area contributed by atoms with Gasteiger partial charge in [0, 0.05) is 59.1 Å². The Morgan fingerprint density at radius 1 is 0.591 bits per heavy atom. The number of hydrogen-bond donors (Lipinski definition) is 3. The highest BCUT2D eigenvalue weighted by Gasteiger charge is 2.29. The molecule has 0 aliphatic carbocycles. The second-order valence-corrected chi connectivity index (χ2v) is 22.4. The summed E-state index contributed by atoms with van der Waals surface area (Å²) in [6.45, 7) is 9.22. The molecule has 2 atom stereocenters. The first-order valence-corrected chi connectivity index (χ1v) is 29.1. The van der Waals surface area contributed by atoms with Gasteiger partial charge >= 0.3 is 23.7 Å². The smallest absolute Gasteiger partial charge is 0.411 e. The second kappa shape index (κ2) is 31.7. The summed E-state index contributed by atoms with van der Waals surface area (Å²) in [6, 6.07) is 30.7. The number of aromatic nitrogens is 2. The number of ketones is 1. The molecule has 20 nitrogen and oxygen atoms in total. The molecule has 24 heteroatoms. The van der Waals surface area contributed by atoms with Crippen LogP contribution in [0, 0.1) is 0 Å². The molecule has 0 bridgehead atoms. The predicted octanol–water partition coefficient (Wildman–Crippen LogP) is 9.75. The van der Waals surface area contributed by atoms with Gasteiger partial charge in [0.2, 0.25) is 12.8 Å². The number of ether oxygens (including phenoxy) is 3. The molecule has 3 N–H and O–H groups in total. The monoisotopic (exact) mass is 1280 g/mol. The minimum absolute atomic E-state index is 0.00528. The lowest BCUT2D eigenvalue weighted by Crippen LogP contribution is -2.44. The molecule has 7 rings (SSSR count). The summed E-state index contributed by atoms with van der Waals surface area (Å²) in [5.74, 6) is -2.80. The Labute approximate surface area is 527 Å². The van der Waals surface area contributed by atoms with Crippen LogP contribution in [0.5, 0.6) is 0 Å². The number of carbonyl (C=O) groups is 8. The lowest BCUT2D eigenvalue weighted by Gasteiger charge is -2.20. The molecule has 0 aliphatic heterocycles. The van der Waals surface area contributed by atoms with Gasteiger partial charge in [-0.15, -0.1) is 0 Å². The molecule has 5 amide bonds. The number of rotatable bonds is 24. The first-order valence-electron chi connectivity index (χ1n) is 27.6. The van der Waals surface area contributed by atoms with E-state index in [4.69, 9.17) is 60.6 Å². The van der Waals surface area contributed by atoms with Crippen LogP contribution in [0.4, 0.5) is 10.5 Å².